The van der Waals surface area contributed by atoms with Gasteiger partial charge in [0.1, 0.15) is 35.2 Å². The topological polar surface area (TPSA) is 169 Å². The first-order valence-electron chi connectivity index (χ1n) is 20.5. The van der Waals surface area contributed by atoms with Crippen molar-refractivity contribution in [2.45, 2.75) is 93.2 Å². The van der Waals surface area contributed by atoms with E-state index < -0.39 is 56.7 Å². The van der Waals surface area contributed by atoms with Crippen molar-refractivity contribution in [3.8, 4) is 22.8 Å². The molecule has 15 heteroatoms. The first-order valence-corrected chi connectivity index (χ1v) is 22.9. The van der Waals surface area contributed by atoms with Gasteiger partial charge in [-0.3, -0.25) is 19.1 Å². The molecule has 9 rings (SSSR count). The molecule has 0 unspecified atom stereocenters. The van der Waals surface area contributed by atoms with Crippen molar-refractivity contribution < 1.29 is 32.3 Å². The van der Waals surface area contributed by atoms with Gasteiger partial charge in [-0.25, -0.2) is 18.4 Å². The Morgan fingerprint density at radius 2 is 1.90 bits per heavy atom. The SMILES string of the molecule is C=C[C@@H]1C[C@]1(NC(=O)[C@@H]1C[C@@H]2CN1C(=O)[C@H](C1CCCC1)Nc1nc(cs1)CC/C=C\c1cc3c(cc(-c4ccccc4)nc3cc1OC)O2)C(=O)NS(=O)(=O)C1CC1. The van der Waals surface area contributed by atoms with Gasteiger partial charge in [-0.15, -0.1) is 17.9 Å². The van der Waals surface area contributed by atoms with Crippen molar-refractivity contribution in [1.82, 2.24) is 24.9 Å². The number of rotatable bonds is 9. The Balaban J connectivity index is 1.11. The summed E-state index contributed by atoms with van der Waals surface area (Å²) in [6, 6.07) is 13.9. The van der Waals surface area contributed by atoms with Crippen molar-refractivity contribution in [3.05, 3.63) is 83.9 Å². The molecule has 4 heterocycles. The zero-order chi connectivity index (χ0) is 40.9. The predicted octanol–water partition coefficient (Wildman–Crippen LogP) is 6.01. The Morgan fingerprint density at radius 3 is 2.63 bits per heavy atom. The number of amides is 3. The molecule has 0 spiro atoms. The summed E-state index contributed by atoms with van der Waals surface area (Å²) in [6.07, 6.45) is 11.5. The number of nitrogens with one attached hydrogen (secondary N) is 3. The van der Waals surface area contributed by atoms with Crippen LogP contribution in [0.3, 0.4) is 0 Å². The molecule has 3 N–H and O–H groups in total. The van der Waals surface area contributed by atoms with E-state index in [2.05, 4.69) is 28.0 Å². The fourth-order valence-corrected chi connectivity index (χ4v) is 11.0. The molecule has 0 radical (unpaired) electrons. The smallest absolute Gasteiger partial charge is 0.259 e. The molecule has 5 atom stereocenters. The fourth-order valence-electron chi connectivity index (χ4n) is 8.89. The zero-order valence-corrected chi connectivity index (χ0v) is 34.5. The van der Waals surface area contributed by atoms with Gasteiger partial charge in [0.15, 0.2) is 5.13 Å². The van der Waals surface area contributed by atoms with Crippen LogP contribution < -0.4 is 24.8 Å². The summed E-state index contributed by atoms with van der Waals surface area (Å²) in [5, 5.41) is 9.20. The van der Waals surface area contributed by atoms with Crippen LogP contribution in [-0.4, -0.2) is 83.6 Å². The summed E-state index contributed by atoms with van der Waals surface area (Å²) < 4.78 is 40.7. The van der Waals surface area contributed by atoms with Gasteiger partial charge in [0, 0.05) is 46.4 Å². The number of benzene rings is 2. The second kappa shape index (κ2) is 15.7. The van der Waals surface area contributed by atoms with Gasteiger partial charge in [0.25, 0.3) is 5.91 Å². The highest BCUT2D eigenvalue weighted by Gasteiger charge is 2.62. The number of methoxy groups -OCH3 is 1. The molecule has 2 aromatic heterocycles. The first-order chi connectivity index (χ1) is 28.5. The van der Waals surface area contributed by atoms with E-state index in [0.717, 1.165) is 54.3 Å². The Hall–Kier alpha value is -5.28. The molecule has 3 saturated carbocycles. The normalized spacial score (nSPS) is 26.3. The van der Waals surface area contributed by atoms with Crippen LogP contribution in [0.5, 0.6) is 11.5 Å². The van der Waals surface area contributed by atoms with Crippen LogP contribution in [0.15, 0.2) is 72.6 Å². The van der Waals surface area contributed by atoms with Gasteiger partial charge in [-0.2, -0.15) is 0 Å². The molecule has 5 aliphatic rings. The maximum atomic E-state index is 15.1. The Bertz CT molecular complexity index is 2450. The maximum Gasteiger partial charge on any atom is 0.259 e. The minimum Gasteiger partial charge on any atom is -0.496 e. The third-order valence-corrected chi connectivity index (χ3v) is 15.1. The summed E-state index contributed by atoms with van der Waals surface area (Å²) in [5.74, 6) is -0.844. The highest BCUT2D eigenvalue weighted by atomic mass is 32.2. The molecule has 59 heavy (non-hydrogen) atoms. The maximum absolute atomic E-state index is 15.1. The highest BCUT2D eigenvalue weighted by molar-refractivity contribution is 7.91. The van der Waals surface area contributed by atoms with Crippen LogP contribution in [-0.2, 0) is 30.8 Å². The number of sulfonamides is 1. The summed E-state index contributed by atoms with van der Waals surface area (Å²) in [7, 11) is -2.25. The van der Waals surface area contributed by atoms with Crippen LogP contribution in [0.2, 0.25) is 0 Å². The number of aromatic nitrogens is 2. The summed E-state index contributed by atoms with van der Waals surface area (Å²) >= 11 is 1.46. The first kappa shape index (κ1) is 39.2. The van der Waals surface area contributed by atoms with Crippen molar-refractivity contribution in [2.24, 2.45) is 11.8 Å². The van der Waals surface area contributed by atoms with Crippen LogP contribution in [0.4, 0.5) is 5.13 Å². The van der Waals surface area contributed by atoms with Crippen molar-refractivity contribution in [3.63, 3.8) is 0 Å². The lowest BCUT2D eigenvalue weighted by molar-refractivity contribution is -0.141. The molecule has 1 saturated heterocycles. The number of pyridine rings is 1. The van der Waals surface area contributed by atoms with Crippen molar-refractivity contribution in [1.29, 1.82) is 0 Å². The Labute approximate surface area is 347 Å². The zero-order valence-electron chi connectivity index (χ0n) is 32.9. The van der Waals surface area contributed by atoms with Gasteiger partial charge < -0.3 is 25.0 Å². The van der Waals surface area contributed by atoms with E-state index in [4.69, 9.17) is 19.4 Å². The third kappa shape index (κ3) is 7.82. The molecule has 6 bridgehead atoms. The Morgan fingerprint density at radius 1 is 1.10 bits per heavy atom. The largest absolute Gasteiger partial charge is 0.496 e. The van der Waals surface area contributed by atoms with Crippen LogP contribution in [0.25, 0.3) is 28.2 Å². The quantitative estimate of drug-likeness (QED) is 0.170. The van der Waals surface area contributed by atoms with Gasteiger partial charge in [0.05, 0.1) is 35.8 Å². The molecule has 4 aromatic rings. The molecule has 13 nitrogen and oxygen atoms in total. The molecular formula is C44H48N6O7S2. The number of anilines is 1. The van der Waals surface area contributed by atoms with E-state index >= 15 is 4.79 Å². The van der Waals surface area contributed by atoms with Crippen molar-refractivity contribution in [2.75, 3.05) is 19.0 Å². The second-order valence-corrected chi connectivity index (χ2v) is 19.2. The lowest BCUT2D eigenvalue weighted by atomic mass is 9.96. The molecule has 4 fully saturated rings. The average Bonchev–Trinajstić information content (AvgIpc) is 4.02. The second-order valence-electron chi connectivity index (χ2n) is 16.4. The minimum absolute atomic E-state index is 0.0244. The lowest BCUT2D eigenvalue weighted by Crippen LogP contribution is -2.58. The summed E-state index contributed by atoms with van der Waals surface area (Å²) in [4.78, 5) is 54.9. The van der Waals surface area contributed by atoms with Gasteiger partial charge in [0.2, 0.25) is 21.8 Å². The van der Waals surface area contributed by atoms with Crippen LogP contribution >= 0.6 is 11.3 Å². The molecule has 2 aliphatic heterocycles. The van der Waals surface area contributed by atoms with E-state index in [1.165, 1.54) is 11.3 Å². The molecule has 3 amide bonds. The molecule has 2 aromatic carbocycles. The average molecular weight is 837 g/mol. The van der Waals surface area contributed by atoms with Gasteiger partial charge >= 0.3 is 0 Å². The number of fused-ring (bicyclic) bond motifs is 5. The number of allylic oxidation sites excluding steroid dienone is 1. The molecule has 3 aliphatic carbocycles. The van der Waals surface area contributed by atoms with Gasteiger partial charge in [-0.1, -0.05) is 61.4 Å². The summed E-state index contributed by atoms with van der Waals surface area (Å²) in [5.41, 5.74) is 2.48. The number of thiazole rings is 1. The Kier molecular flexibility index (Phi) is 10.4. The number of hydrogen-bond acceptors (Lipinski definition) is 11. The number of aryl methyl sites for hydroxylation is 1. The van der Waals surface area contributed by atoms with E-state index in [1.807, 2.05) is 60.0 Å². The van der Waals surface area contributed by atoms with E-state index in [-0.39, 0.29) is 31.2 Å². The van der Waals surface area contributed by atoms with E-state index in [0.29, 0.717) is 47.1 Å². The predicted molar refractivity (Wildman–Crippen MR) is 226 cm³/mol. The number of carbonyl (C=O) groups excluding carboxylic acids is 3. The number of nitrogens with zero attached hydrogens (tertiary/aromatic N) is 3. The minimum atomic E-state index is -3.88. The van der Waals surface area contributed by atoms with Gasteiger partial charge in [-0.05, 0) is 56.9 Å². The summed E-state index contributed by atoms with van der Waals surface area (Å²) in [6.45, 7) is 3.95. The lowest BCUT2D eigenvalue weighted by Gasteiger charge is -2.32. The van der Waals surface area contributed by atoms with E-state index in [9.17, 15) is 18.0 Å². The number of ether oxygens (including phenoxy) is 2. The molecular weight excluding hydrogens is 789 g/mol. The van der Waals surface area contributed by atoms with E-state index in [1.54, 1.807) is 18.1 Å². The number of hydrogen-bond donors (Lipinski definition) is 3. The molecule has 308 valence electrons. The van der Waals surface area contributed by atoms with Crippen molar-refractivity contribution >= 4 is 61.2 Å². The standard InChI is InChI=1S/C44H48N6O7S2/c1-3-29-23-44(29,42(53)49-59(54,55)32-17-18-32)48-40(51)36-20-31-24-50(36)41(52)39(27-13-7-8-14-27)47-43-45-30(25-58-43)16-10-9-15-28-19-33-35(22-37(28)56-2)46-34(21-38(33)57-31)26-11-5-4-6-12-26/h3-6,9,11-12,15,19,21-22,25,27,29,31-32,36,39H,1,7-8,10,13-14,16-18,20,23-24H2,2H3,(H,45,47)(H,48,51)(H,49,53)/b15-9-/t29-,31-,36+,39+,44-/m1/s1. The fraction of sp³-hybridized carbons (Fsp3) is 0.432. The van der Waals surface area contributed by atoms with Crippen LogP contribution in [0, 0.1) is 11.8 Å². The third-order valence-electron chi connectivity index (χ3n) is 12.4. The highest BCUT2D eigenvalue weighted by Crippen LogP contribution is 2.46. The van der Waals surface area contributed by atoms with Crippen LogP contribution in [0.1, 0.15) is 69.0 Å². The monoisotopic (exact) mass is 836 g/mol. The number of carbonyl (C=O) groups is 3.